The van der Waals surface area contributed by atoms with Crippen molar-refractivity contribution in [2.75, 3.05) is 0 Å². The Balaban J connectivity index is 1.64. The molecule has 0 radical (unpaired) electrons. The van der Waals surface area contributed by atoms with Gasteiger partial charge >= 0.3 is 0 Å². The van der Waals surface area contributed by atoms with Crippen molar-refractivity contribution in [3.8, 4) is 11.5 Å². The van der Waals surface area contributed by atoms with Crippen LogP contribution in [-0.2, 0) is 0 Å². The second-order valence-corrected chi connectivity index (χ2v) is 9.77. The molecule has 0 saturated heterocycles. The topological polar surface area (TPSA) is 152 Å². The van der Waals surface area contributed by atoms with Gasteiger partial charge in [0.2, 0.25) is 0 Å². The molecule has 0 amide bonds. The molecule has 1 atom stereocenters. The molecule has 12 heteroatoms. The maximum absolute atomic E-state index is 11.2. The van der Waals surface area contributed by atoms with Crippen molar-refractivity contribution >= 4 is 12.4 Å². The minimum Gasteiger partial charge on any atom is -0.508 e. The van der Waals surface area contributed by atoms with E-state index in [4.69, 9.17) is 0 Å². The van der Waals surface area contributed by atoms with Gasteiger partial charge < -0.3 is 10.2 Å². The third kappa shape index (κ3) is 6.01. The van der Waals surface area contributed by atoms with Crippen LogP contribution in [0.2, 0.25) is 0 Å². The standard InChI is InChI=1S/C29H30N10O2/c1-5-18(2)23-7-6-8-24(15-23)29(25-13-21(9-11-27(25)40)16-30-38-19(3)32-34-36-38)26-14-22(10-12-28(26)41)17-31-39-20(4)33-35-37-39/h6-18,29,40-41H,5H2,1-4H3/b30-16+,31-17+. The van der Waals surface area contributed by atoms with Crippen LogP contribution < -0.4 is 0 Å². The lowest BCUT2D eigenvalue weighted by molar-refractivity contribution is 0.458. The zero-order valence-corrected chi connectivity index (χ0v) is 23.2. The molecule has 0 bridgehead atoms. The summed E-state index contributed by atoms with van der Waals surface area (Å²) in [6.07, 6.45) is 4.22. The molecule has 12 nitrogen and oxygen atoms in total. The summed E-state index contributed by atoms with van der Waals surface area (Å²) >= 11 is 0. The largest absolute Gasteiger partial charge is 0.508 e. The molecule has 1 unspecified atom stereocenters. The SMILES string of the molecule is CCC(C)c1cccc(C(c2cc(/C=N/n3nnnc3C)ccc2O)c2cc(/C=N/n3nnnc3C)ccc2O)c1. The summed E-state index contributed by atoms with van der Waals surface area (Å²) in [6, 6.07) is 18.7. The van der Waals surface area contributed by atoms with Crippen molar-refractivity contribution in [3.63, 3.8) is 0 Å². The Morgan fingerprint density at radius 1 is 0.756 bits per heavy atom. The minimum absolute atomic E-state index is 0.0856. The predicted molar refractivity (Wildman–Crippen MR) is 153 cm³/mol. The maximum Gasteiger partial charge on any atom is 0.173 e. The van der Waals surface area contributed by atoms with Crippen LogP contribution in [0.15, 0.2) is 70.9 Å². The number of aromatic nitrogens is 8. The van der Waals surface area contributed by atoms with Gasteiger partial charge in [0.15, 0.2) is 11.6 Å². The Morgan fingerprint density at radius 3 is 1.73 bits per heavy atom. The lowest BCUT2D eigenvalue weighted by Gasteiger charge is -2.23. The van der Waals surface area contributed by atoms with E-state index < -0.39 is 5.92 Å². The molecule has 2 heterocycles. The Kier molecular flexibility index (Phi) is 7.90. The second kappa shape index (κ2) is 11.9. The van der Waals surface area contributed by atoms with Crippen LogP contribution in [0.3, 0.4) is 0 Å². The molecule has 0 aliphatic heterocycles. The molecule has 3 aromatic carbocycles. The highest BCUT2D eigenvalue weighted by molar-refractivity contribution is 5.82. The number of hydrogen-bond acceptors (Lipinski definition) is 10. The molecule has 5 rings (SSSR count). The average molecular weight is 551 g/mol. The first-order chi connectivity index (χ1) is 19.8. The smallest absolute Gasteiger partial charge is 0.173 e. The Labute approximate surface area is 236 Å². The number of aryl methyl sites for hydroxylation is 2. The molecule has 0 aliphatic carbocycles. The first-order valence-electron chi connectivity index (χ1n) is 13.2. The third-order valence-electron chi connectivity index (χ3n) is 6.99. The summed E-state index contributed by atoms with van der Waals surface area (Å²) in [6.45, 7) is 7.83. The number of phenolic OH excluding ortho intramolecular Hbond substituents is 2. The summed E-state index contributed by atoms with van der Waals surface area (Å²) in [5, 5.41) is 53.6. The van der Waals surface area contributed by atoms with E-state index in [2.05, 4.69) is 67.2 Å². The van der Waals surface area contributed by atoms with Gasteiger partial charge in [-0.1, -0.05) is 38.1 Å². The van der Waals surface area contributed by atoms with E-state index >= 15 is 0 Å². The summed E-state index contributed by atoms with van der Waals surface area (Å²) < 4.78 is 0. The van der Waals surface area contributed by atoms with Gasteiger partial charge in [-0.05, 0) is 106 Å². The average Bonchev–Trinajstić information content (AvgIpc) is 3.60. The highest BCUT2D eigenvalue weighted by Gasteiger charge is 2.24. The highest BCUT2D eigenvalue weighted by Crippen LogP contribution is 2.41. The van der Waals surface area contributed by atoms with E-state index in [1.54, 1.807) is 50.5 Å². The van der Waals surface area contributed by atoms with Gasteiger partial charge in [-0.15, -0.1) is 19.8 Å². The first-order valence-corrected chi connectivity index (χ1v) is 13.2. The number of tetrazole rings is 2. The number of hydrogen-bond donors (Lipinski definition) is 2. The summed E-state index contributed by atoms with van der Waals surface area (Å²) in [4.78, 5) is 2.64. The third-order valence-corrected chi connectivity index (χ3v) is 6.99. The van der Waals surface area contributed by atoms with Crippen LogP contribution in [0.25, 0.3) is 0 Å². The number of aromatic hydroxyl groups is 2. The van der Waals surface area contributed by atoms with Crippen LogP contribution in [0.1, 0.15) is 77.1 Å². The molecule has 41 heavy (non-hydrogen) atoms. The van der Waals surface area contributed by atoms with Gasteiger partial charge in [0.1, 0.15) is 11.5 Å². The van der Waals surface area contributed by atoms with Gasteiger partial charge in [-0.2, -0.15) is 10.2 Å². The molecular weight excluding hydrogens is 520 g/mol. The van der Waals surface area contributed by atoms with Crippen LogP contribution in [0.5, 0.6) is 11.5 Å². The maximum atomic E-state index is 11.2. The number of benzene rings is 3. The van der Waals surface area contributed by atoms with Gasteiger partial charge in [0.25, 0.3) is 0 Å². The van der Waals surface area contributed by atoms with Crippen LogP contribution in [-0.4, -0.2) is 63.3 Å². The molecular formula is C29H30N10O2. The van der Waals surface area contributed by atoms with E-state index in [1.807, 2.05) is 24.3 Å². The molecule has 0 saturated carbocycles. The Hall–Kier alpha value is -5.26. The number of rotatable bonds is 9. The molecule has 5 aromatic rings. The lowest BCUT2D eigenvalue weighted by atomic mass is 9.81. The van der Waals surface area contributed by atoms with E-state index in [0.717, 1.165) is 23.1 Å². The van der Waals surface area contributed by atoms with Crippen LogP contribution >= 0.6 is 0 Å². The van der Waals surface area contributed by atoms with Crippen molar-refractivity contribution in [1.82, 2.24) is 40.6 Å². The van der Waals surface area contributed by atoms with E-state index in [9.17, 15) is 10.2 Å². The summed E-state index contributed by atoms with van der Waals surface area (Å²) in [5.74, 6) is 1.09. The minimum atomic E-state index is -0.509. The van der Waals surface area contributed by atoms with E-state index in [0.29, 0.717) is 28.7 Å². The predicted octanol–water partition coefficient (Wildman–Crippen LogP) is 4.15. The van der Waals surface area contributed by atoms with Crippen molar-refractivity contribution in [3.05, 3.63) is 106 Å². The second-order valence-electron chi connectivity index (χ2n) is 9.77. The van der Waals surface area contributed by atoms with Crippen molar-refractivity contribution < 1.29 is 10.2 Å². The van der Waals surface area contributed by atoms with E-state index in [-0.39, 0.29) is 11.5 Å². The van der Waals surface area contributed by atoms with Crippen molar-refractivity contribution in [2.45, 2.75) is 46.0 Å². The number of nitrogens with zero attached hydrogens (tertiary/aromatic N) is 10. The molecule has 0 fully saturated rings. The highest BCUT2D eigenvalue weighted by atomic mass is 16.3. The quantitative estimate of drug-likeness (QED) is 0.205. The normalized spacial score (nSPS) is 12.6. The Morgan fingerprint density at radius 2 is 1.27 bits per heavy atom. The van der Waals surface area contributed by atoms with Crippen LogP contribution in [0, 0.1) is 13.8 Å². The van der Waals surface area contributed by atoms with Gasteiger partial charge in [0.05, 0.1) is 12.4 Å². The van der Waals surface area contributed by atoms with Crippen molar-refractivity contribution in [2.24, 2.45) is 10.2 Å². The van der Waals surface area contributed by atoms with Crippen molar-refractivity contribution in [1.29, 1.82) is 0 Å². The van der Waals surface area contributed by atoms with Gasteiger partial charge in [-0.3, -0.25) is 0 Å². The monoisotopic (exact) mass is 550 g/mol. The fraction of sp³-hybridized carbons (Fsp3) is 0.241. The molecule has 2 aromatic heterocycles. The summed E-state index contributed by atoms with van der Waals surface area (Å²) in [5.41, 5.74) is 4.75. The zero-order chi connectivity index (χ0) is 28.9. The molecule has 208 valence electrons. The Bertz CT molecular complexity index is 1620. The number of phenols is 2. The zero-order valence-electron chi connectivity index (χ0n) is 23.2. The molecule has 0 spiro atoms. The fourth-order valence-electron chi connectivity index (χ4n) is 4.49. The van der Waals surface area contributed by atoms with Gasteiger partial charge in [-0.25, -0.2) is 0 Å². The first kappa shape index (κ1) is 27.3. The summed E-state index contributed by atoms with van der Waals surface area (Å²) in [7, 11) is 0. The molecule has 2 N–H and O–H groups in total. The van der Waals surface area contributed by atoms with E-state index in [1.165, 1.54) is 15.1 Å². The van der Waals surface area contributed by atoms with Crippen LogP contribution in [0.4, 0.5) is 0 Å². The fourth-order valence-corrected chi connectivity index (χ4v) is 4.49. The van der Waals surface area contributed by atoms with Gasteiger partial charge in [0, 0.05) is 17.0 Å². The lowest BCUT2D eigenvalue weighted by Crippen LogP contribution is -2.07. The molecule has 0 aliphatic rings.